The Morgan fingerprint density at radius 2 is 1.93 bits per heavy atom. The van der Waals surface area contributed by atoms with Gasteiger partial charge in [0, 0.05) is 17.3 Å². The number of aromatic nitrogens is 1. The third-order valence-corrected chi connectivity index (χ3v) is 2.26. The topological polar surface area (TPSA) is 56.0 Å². The van der Waals surface area contributed by atoms with Crippen molar-refractivity contribution < 1.29 is 4.79 Å². The highest BCUT2D eigenvalue weighted by Crippen LogP contribution is 2.19. The Labute approximate surface area is 81.6 Å². The number of primary amides is 1. The van der Waals surface area contributed by atoms with Crippen LogP contribution in [0.2, 0.25) is 0 Å². The lowest BCUT2D eigenvalue weighted by atomic mass is 10.1. The predicted molar refractivity (Wildman–Crippen MR) is 55.0 cm³/mol. The van der Waals surface area contributed by atoms with Crippen molar-refractivity contribution in [1.82, 2.24) is 4.98 Å². The average Bonchev–Trinajstić information content (AvgIpc) is 2.18. The molecule has 70 valence electrons. The van der Waals surface area contributed by atoms with Gasteiger partial charge >= 0.3 is 0 Å². The highest BCUT2D eigenvalue weighted by molar-refractivity contribution is 6.06. The fourth-order valence-electron chi connectivity index (χ4n) is 1.53. The Morgan fingerprint density at radius 3 is 2.57 bits per heavy atom. The zero-order chi connectivity index (χ0) is 10.1. The lowest BCUT2D eigenvalue weighted by Gasteiger charge is -2.04. The van der Waals surface area contributed by atoms with Crippen LogP contribution in [0.1, 0.15) is 16.1 Å². The summed E-state index contributed by atoms with van der Waals surface area (Å²) in [7, 11) is 0. The van der Waals surface area contributed by atoms with Crippen molar-refractivity contribution in [2.24, 2.45) is 5.73 Å². The zero-order valence-electron chi connectivity index (χ0n) is 7.82. The number of fused-ring (bicyclic) bond motifs is 1. The van der Waals surface area contributed by atoms with E-state index in [9.17, 15) is 4.79 Å². The molecule has 0 fully saturated rings. The Hall–Kier alpha value is -1.90. The second-order valence-electron chi connectivity index (χ2n) is 3.17. The van der Waals surface area contributed by atoms with Crippen molar-refractivity contribution in [2.75, 3.05) is 0 Å². The number of hydrogen-bond donors (Lipinski definition) is 1. The van der Waals surface area contributed by atoms with E-state index in [0.717, 1.165) is 16.5 Å². The summed E-state index contributed by atoms with van der Waals surface area (Å²) in [5.74, 6) is -0.436. The first-order valence-electron chi connectivity index (χ1n) is 4.34. The number of nitrogens with two attached hydrogens (primary N) is 1. The van der Waals surface area contributed by atoms with E-state index < -0.39 is 5.91 Å². The molecule has 0 radical (unpaired) electrons. The molecule has 0 unspecified atom stereocenters. The van der Waals surface area contributed by atoms with Crippen LogP contribution in [0.25, 0.3) is 10.8 Å². The van der Waals surface area contributed by atoms with Crippen LogP contribution < -0.4 is 5.73 Å². The van der Waals surface area contributed by atoms with Gasteiger partial charge in [-0.3, -0.25) is 9.78 Å². The summed E-state index contributed by atoms with van der Waals surface area (Å²) in [5.41, 5.74) is 6.64. The smallest absolute Gasteiger partial charge is 0.250 e. The second-order valence-corrected chi connectivity index (χ2v) is 3.17. The van der Waals surface area contributed by atoms with E-state index in [4.69, 9.17) is 5.73 Å². The van der Waals surface area contributed by atoms with Crippen LogP contribution in [-0.4, -0.2) is 10.9 Å². The zero-order valence-corrected chi connectivity index (χ0v) is 7.82. The molecular formula is C11H10N2O. The van der Waals surface area contributed by atoms with E-state index in [-0.39, 0.29) is 0 Å². The molecule has 0 saturated heterocycles. The van der Waals surface area contributed by atoms with Crippen LogP contribution in [0.4, 0.5) is 0 Å². The molecule has 0 aliphatic carbocycles. The third kappa shape index (κ3) is 1.23. The van der Waals surface area contributed by atoms with Gasteiger partial charge in [0.2, 0.25) is 0 Å². The summed E-state index contributed by atoms with van der Waals surface area (Å²) in [4.78, 5) is 15.2. The predicted octanol–water partition coefficient (Wildman–Crippen LogP) is 1.64. The summed E-state index contributed by atoms with van der Waals surface area (Å²) in [6.45, 7) is 1.91. The summed E-state index contributed by atoms with van der Waals surface area (Å²) in [6.07, 6.45) is 1.53. The molecule has 0 bridgehead atoms. The minimum Gasteiger partial charge on any atom is -0.366 e. The standard InChI is InChI=1S/C11H10N2O/c1-7-8-4-2-3-5-9(8)10(6-13-7)11(12)14/h2-6H,1H3,(H2,12,14). The molecule has 1 heterocycles. The molecule has 0 aliphatic rings. The van der Waals surface area contributed by atoms with Crippen molar-refractivity contribution in [3.8, 4) is 0 Å². The molecule has 3 nitrogen and oxygen atoms in total. The quantitative estimate of drug-likeness (QED) is 0.736. The Morgan fingerprint density at radius 1 is 1.29 bits per heavy atom. The van der Waals surface area contributed by atoms with Gasteiger partial charge in [0.25, 0.3) is 5.91 Å². The van der Waals surface area contributed by atoms with Gasteiger partial charge in [-0.05, 0) is 12.3 Å². The maximum absolute atomic E-state index is 11.1. The number of carbonyl (C=O) groups is 1. The first-order valence-corrected chi connectivity index (χ1v) is 4.34. The molecule has 2 aromatic rings. The van der Waals surface area contributed by atoms with Crippen molar-refractivity contribution in [3.05, 3.63) is 41.7 Å². The van der Waals surface area contributed by atoms with Gasteiger partial charge in [-0.2, -0.15) is 0 Å². The molecule has 0 saturated carbocycles. The molecule has 3 heteroatoms. The third-order valence-electron chi connectivity index (χ3n) is 2.26. The molecule has 14 heavy (non-hydrogen) atoms. The number of pyridine rings is 1. The molecule has 2 N–H and O–H groups in total. The van der Waals surface area contributed by atoms with Gasteiger partial charge in [0.05, 0.1) is 5.56 Å². The molecule has 1 aromatic carbocycles. The van der Waals surface area contributed by atoms with E-state index >= 15 is 0 Å². The molecule has 1 amide bonds. The minimum atomic E-state index is -0.436. The number of hydrogen-bond acceptors (Lipinski definition) is 2. The van der Waals surface area contributed by atoms with Crippen LogP contribution >= 0.6 is 0 Å². The van der Waals surface area contributed by atoms with Crippen LogP contribution in [-0.2, 0) is 0 Å². The van der Waals surface area contributed by atoms with E-state index in [2.05, 4.69) is 4.98 Å². The summed E-state index contributed by atoms with van der Waals surface area (Å²) in [6, 6.07) is 7.62. The van der Waals surface area contributed by atoms with Crippen LogP contribution in [0.3, 0.4) is 0 Å². The van der Waals surface area contributed by atoms with Crippen molar-refractivity contribution in [1.29, 1.82) is 0 Å². The first-order chi connectivity index (χ1) is 6.70. The molecule has 2 rings (SSSR count). The van der Waals surface area contributed by atoms with Crippen LogP contribution in [0, 0.1) is 6.92 Å². The molecule has 0 atom stereocenters. The number of rotatable bonds is 1. The molecule has 1 aromatic heterocycles. The summed E-state index contributed by atoms with van der Waals surface area (Å²) < 4.78 is 0. The number of carbonyl (C=O) groups excluding carboxylic acids is 1. The van der Waals surface area contributed by atoms with Gasteiger partial charge in [0.1, 0.15) is 0 Å². The van der Waals surface area contributed by atoms with Crippen molar-refractivity contribution in [3.63, 3.8) is 0 Å². The van der Waals surface area contributed by atoms with Gasteiger partial charge in [0.15, 0.2) is 0 Å². The highest BCUT2D eigenvalue weighted by Gasteiger charge is 2.07. The Bertz CT molecular complexity index is 506. The van der Waals surface area contributed by atoms with Crippen LogP contribution in [0.15, 0.2) is 30.5 Å². The number of amides is 1. The molecular weight excluding hydrogens is 176 g/mol. The van der Waals surface area contributed by atoms with E-state index in [1.54, 1.807) is 0 Å². The van der Waals surface area contributed by atoms with Crippen molar-refractivity contribution >= 4 is 16.7 Å². The highest BCUT2D eigenvalue weighted by atomic mass is 16.1. The van der Waals surface area contributed by atoms with Gasteiger partial charge in [-0.1, -0.05) is 24.3 Å². The largest absolute Gasteiger partial charge is 0.366 e. The van der Waals surface area contributed by atoms with E-state index in [1.807, 2.05) is 31.2 Å². The maximum atomic E-state index is 11.1. The average molecular weight is 186 g/mol. The second kappa shape index (κ2) is 3.10. The number of nitrogens with zero attached hydrogens (tertiary/aromatic N) is 1. The van der Waals surface area contributed by atoms with E-state index in [0.29, 0.717) is 5.56 Å². The monoisotopic (exact) mass is 186 g/mol. The maximum Gasteiger partial charge on any atom is 0.250 e. The summed E-state index contributed by atoms with van der Waals surface area (Å²) >= 11 is 0. The summed E-state index contributed by atoms with van der Waals surface area (Å²) in [5, 5.41) is 1.84. The SMILES string of the molecule is Cc1ncc(C(N)=O)c2ccccc12. The first kappa shape index (κ1) is 8.69. The number of benzene rings is 1. The van der Waals surface area contributed by atoms with Crippen LogP contribution in [0.5, 0.6) is 0 Å². The Balaban J connectivity index is 2.88. The minimum absolute atomic E-state index is 0.436. The number of aryl methyl sites for hydroxylation is 1. The normalized spacial score (nSPS) is 10.4. The van der Waals surface area contributed by atoms with Gasteiger partial charge < -0.3 is 5.73 Å². The van der Waals surface area contributed by atoms with Gasteiger partial charge in [-0.15, -0.1) is 0 Å². The lowest BCUT2D eigenvalue weighted by Crippen LogP contribution is -2.12. The molecule has 0 spiro atoms. The van der Waals surface area contributed by atoms with Crippen molar-refractivity contribution in [2.45, 2.75) is 6.92 Å². The molecule has 0 aliphatic heterocycles. The van der Waals surface area contributed by atoms with E-state index in [1.165, 1.54) is 6.20 Å². The van der Waals surface area contributed by atoms with Gasteiger partial charge in [-0.25, -0.2) is 0 Å². The Kier molecular flexibility index (Phi) is 1.93. The lowest BCUT2D eigenvalue weighted by molar-refractivity contribution is 0.100. The fourth-order valence-corrected chi connectivity index (χ4v) is 1.53. The fraction of sp³-hybridized carbons (Fsp3) is 0.0909.